The Kier molecular flexibility index (Phi) is 5.39. The number of rotatable bonds is 4. The third kappa shape index (κ3) is 4.56. The van der Waals surface area contributed by atoms with Gasteiger partial charge in [-0.1, -0.05) is 29.3 Å². The third-order valence-corrected chi connectivity index (χ3v) is 4.37. The predicted molar refractivity (Wildman–Crippen MR) is 91.4 cm³/mol. The summed E-state index contributed by atoms with van der Waals surface area (Å²) in [6.07, 6.45) is 0. The molecule has 3 nitrogen and oxygen atoms in total. The Hall–Kier alpha value is -1.36. The number of nitrogens with two attached hydrogens (primary N) is 1. The van der Waals surface area contributed by atoms with Gasteiger partial charge in [-0.05, 0) is 42.8 Å². The van der Waals surface area contributed by atoms with E-state index in [-0.39, 0.29) is 11.7 Å². The quantitative estimate of drug-likeness (QED) is 0.630. The van der Waals surface area contributed by atoms with Crippen molar-refractivity contribution >= 4 is 52.2 Å². The molecule has 110 valence electrons. The molecule has 6 heteroatoms. The Balaban J connectivity index is 1.95. The van der Waals surface area contributed by atoms with Gasteiger partial charge >= 0.3 is 0 Å². The summed E-state index contributed by atoms with van der Waals surface area (Å²) in [4.78, 5) is 12.9. The van der Waals surface area contributed by atoms with Crippen molar-refractivity contribution in [3.05, 3.63) is 52.0 Å². The van der Waals surface area contributed by atoms with Gasteiger partial charge in [0.1, 0.15) is 0 Å². The molecular formula is C15H14Cl2N2OS. The van der Waals surface area contributed by atoms with Gasteiger partial charge in [0, 0.05) is 15.6 Å². The van der Waals surface area contributed by atoms with E-state index in [1.807, 2.05) is 19.1 Å². The first-order valence-corrected chi connectivity index (χ1v) is 7.93. The molecule has 0 spiro atoms. The number of carbonyl (C=O) groups is 1. The Morgan fingerprint density at radius 3 is 2.71 bits per heavy atom. The minimum absolute atomic E-state index is 0.0988. The van der Waals surface area contributed by atoms with E-state index in [4.69, 9.17) is 28.9 Å². The maximum absolute atomic E-state index is 12.0. The summed E-state index contributed by atoms with van der Waals surface area (Å²) in [6.45, 7) is 1.92. The average molecular weight is 341 g/mol. The lowest BCUT2D eigenvalue weighted by atomic mass is 10.2. The number of amides is 1. The number of aryl methyl sites for hydroxylation is 1. The van der Waals surface area contributed by atoms with Crippen LogP contribution in [0.3, 0.4) is 0 Å². The first kappa shape index (κ1) is 16.0. The molecule has 0 fully saturated rings. The van der Waals surface area contributed by atoms with Gasteiger partial charge in [-0.2, -0.15) is 0 Å². The molecule has 2 rings (SSSR count). The van der Waals surface area contributed by atoms with Gasteiger partial charge in [-0.25, -0.2) is 0 Å². The molecule has 0 aliphatic heterocycles. The molecular weight excluding hydrogens is 327 g/mol. The number of anilines is 2. The van der Waals surface area contributed by atoms with E-state index < -0.39 is 0 Å². The highest BCUT2D eigenvalue weighted by molar-refractivity contribution is 8.00. The summed E-state index contributed by atoms with van der Waals surface area (Å²) in [5.74, 6) is 0.185. The zero-order valence-corrected chi connectivity index (χ0v) is 13.6. The lowest BCUT2D eigenvalue weighted by Gasteiger charge is -2.09. The number of halogens is 2. The maximum atomic E-state index is 12.0. The van der Waals surface area contributed by atoms with E-state index in [0.717, 1.165) is 16.1 Å². The molecule has 0 bridgehead atoms. The van der Waals surface area contributed by atoms with Gasteiger partial charge in [0.2, 0.25) is 5.91 Å². The van der Waals surface area contributed by atoms with Crippen molar-refractivity contribution in [3.8, 4) is 0 Å². The standard InChI is InChI=1S/C15H14Cl2N2OS/c1-9-2-3-10(16)6-14(9)19-15(20)8-21-11-4-5-13(18)12(17)7-11/h2-7H,8,18H2,1H3,(H,19,20). The Morgan fingerprint density at radius 1 is 1.24 bits per heavy atom. The van der Waals surface area contributed by atoms with Crippen LogP contribution in [0.1, 0.15) is 5.56 Å². The molecule has 1 amide bonds. The fourth-order valence-corrected chi connectivity index (χ4v) is 2.81. The Morgan fingerprint density at radius 2 is 2.00 bits per heavy atom. The normalized spacial score (nSPS) is 10.4. The lowest BCUT2D eigenvalue weighted by Crippen LogP contribution is -2.14. The van der Waals surface area contributed by atoms with Gasteiger partial charge < -0.3 is 11.1 Å². The number of hydrogen-bond acceptors (Lipinski definition) is 3. The van der Waals surface area contributed by atoms with Crippen LogP contribution < -0.4 is 11.1 Å². The van der Waals surface area contributed by atoms with Gasteiger partial charge in [-0.15, -0.1) is 11.8 Å². The van der Waals surface area contributed by atoms with Crippen LogP contribution in [0.5, 0.6) is 0 Å². The largest absolute Gasteiger partial charge is 0.398 e. The topological polar surface area (TPSA) is 55.1 Å². The summed E-state index contributed by atoms with van der Waals surface area (Å²) in [5, 5.41) is 3.93. The Bertz CT molecular complexity index is 677. The summed E-state index contributed by atoms with van der Waals surface area (Å²) in [5.41, 5.74) is 7.86. The molecule has 2 aromatic carbocycles. The summed E-state index contributed by atoms with van der Waals surface area (Å²) >= 11 is 13.3. The SMILES string of the molecule is Cc1ccc(Cl)cc1NC(=O)CSc1ccc(N)c(Cl)c1. The molecule has 0 aliphatic rings. The molecule has 0 saturated carbocycles. The summed E-state index contributed by atoms with van der Waals surface area (Å²) in [7, 11) is 0. The number of nitrogens with one attached hydrogen (secondary N) is 1. The van der Waals surface area contributed by atoms with E-state index in [0.29, 0.717) is 15.7 Å². The van der Waals surface area contributed by atoms with Crippen LogP contribution >= 0.6 is 35.0 Å². The Labute approximate surface area is 137 Å². The highest BCUT2D eigenvalue weighted by Crippen LogP contribution is 2.26. The van der Waals surface area contributed by atoms with Crippen LogP contribution in [0.2, 0.25) is 10.0 Å². The zero-order valence-electron chi connectivity index (χ0n) is 11.3. The molecule has 3 N–H and O–H groups in total. The monoisotopic (exact) mass is 340 g/mol. The minimum Gasteiger partial charge on any atom is -0.398 e. The molecule has 21 heavy (non-hydrogen) atoms. The number of carbonyl (C=O) groups excluding carboxylic acids is 1. The van der Waals surface area contributed by atoms with Gasteiger partial charge in [-0.3, -0.25) is 4.79 Å². The molecule has 0 unspecified atom stereocenters. The van der Waals surface area contributed by atoms with Crippen LogP contribution in [0, 0.1) is 6.92 Å². The van der Waals surface area contributed by atoms with E-state index in [9.17, 15) is 4.79 Å². The van der Waals surface area contributed by atoms with Gasteiger partial charge in [0.25, 0.3) is 0 Å². The third-order valence-electron chi connectivity index (χ3n) is 2.82. The molecule has 0 radical (unpaired) electrons. The van der Waals surface area contributed by atoms with Crippen LogP contribution in [0.25, 0.3) is 0 Å². The van der Waals surface area contributed by atoms with Crippen molar-refractivity contribution in [1.29, 1.82) is 0 Å². The van der Waals surface area contributed by atoms with Crippen LogP contribution in [0.15, 0.2) is 41.3 Å². The smallest absolute Gasteiger partial charge is 0.234 e. The van der Waals surface area contributed by atoms with E-state index in [2.05, 4.69) is 5.32 Å². The van der Waals surface area contributed by atoms with Crippen molar-refractivity contribution in [2.24, 2.45) is 0 Å². The fourth-order valence-electron chi connectivity index (χ4n) is 1.66. The predicted octanol–water partition coefficient (Wildman–Crippen LogP) is 4.61. The number of benzene rings is 2. The number of hydrogen-bond donors (Lipinski definition) is 2. The second-order valence-corrected chi connectivity index (χ2v) is 6.37. The first-order valence-electron chi connectivity index (χ1n) is 6.19. The minimum atomic E-state index is -0.0988. The fraction of sp³-hybridized carbons (Fsp3) is 0.133. The van der Waals surface area contributed by atoms with E-state index >= 15 is 0 Å². The lowest BCUT2D eigenvalue weighted by molar-refractivity contribution is -0.113. The van der Waals surface area contributed by atoms with Gasteiger partial charge in [0.15, 0.2) is 0 Å². The molecule has 0 heterocycles. The van der Waals surface area contributed by atoms with Crippen molar-refractivity contribution in [1.82, 2.24) is 0 Å². The number of nitrogen functional groups attached to an aromatic ring is 1. The molecule has 0 aromatic heterocycles. The van der Waals surface area contributed by atoms with Gasteiger partial charge in [0.05, 0.1) is 16.5 Å². The zero-order chi connectivity index (χ0) is 15.4. The summed E-state index contributed by atoms with van der Waals surface area (Å²) in [6, 6.07) is 10.7. The van der Waals surface area contributed by atoms with Crippen LogP contribution in [-0.2, 0) is 4.79 Å². The average Bonchev–Trinajstić information content (AvgIpc) is 2.44. The first-order chi connectivity index (χ1) is 9.95. The van der Waals surface area contributed by atoms with Crippen LogP contribution in [0.4, 0.5) is 11.4 Å². The molecule has 0 saturated heterocycles. The summed E-state index contributed by atoms with van der Waals surface area (Å²) < 4.78 is 0. The van der Waals surface area contributed by atoms with E-state index in [1.54, 1.807) is 24.3 Å². The van der Waals surface area contributed by atoms with Crippen LogP contribution in [-0.4, -0.2) is 11.7 Å². The maximum Gasteiger partial charge on any atom is 0.234 e. The van der Waals surface area contributed by atoms with E-state index in [1.165, 1.54) is 11.8 Å². The van der Waals surface area contributed by atoms with Crippen molar-refractivity contribution in [3.63, 3.8) is 0 Å². The highest BCUT2D eigenvalue weighted by atomic mass is 35.5. The molecule has 0 aliphatic carbocycles. The second-order valence-electron chi connectivity index (χ2n) is 4.48. The number of thioether (sulfide) groups is 1. The van der Waals surface area contributed by atoms with Crippen molar-refractivity contribution in [2.45, 2.75) is 11.8 Å². The van der Waals surface area contributed by atoms with Crippen molar-refractivity contribution < 1.29 is 4.79 Å². The second kappa shape index (κ2) is 7.07. The molecule has 0 atom stereocenters. The molecule has 2 aromatic rings. The van der Waals surface area contributed by atoms with Crippen molar-refractivity contribution in [2.75, 3.05) is 16.8 Å². The highest BCUT2D eigenvalue weighted by Gasteiger charge is 2.07.